The van der Waals surface area contributed by atoms with Crippen LogP contribution in [0.5, 0.6) is 0 Å². The van der Waals surface area contributed by atoms with Crippen LogP contribution in [0.4, 0.5) is 5.69 Å². The van der Waals surface area contributed by atoms with E-state index in [-0.39, 0.29) is 11.8 Å². The average molecular weight is 542 g/mol. The van der Waals surface area contributed by atoms with Gasteiger partial charge in [-0.25, -0.2) is 0 Å². The molecule has 1 amide bonds. The zero-order chi connectivity index (χ0) is 25.7. The fourth-order valence-corrected chi connectivity index (χ4v) is 5.95. The first-order valence-corrected chi connectivity index (χ1v) is 14.2. The molecule has 1 aliphatic rings. The molecule has 1 heterocycles. The summed E-state index contributed by atoms with van der Waals surface area (Å²) >= 11 is 14.0. The molecule has 1 saturated heterocycles. The minimum Gasteiger partial charge on any atom is -0.326 e. The first-order valence-electron chi connectivity index (χ1n) is 12.6. The first kappa shape index (κ1) is 27.1. The second-order valence-corrected chi connectivity index (χ2v) is 11.9. The number of hydrogen-bond acceptors (Lipinski definition) is 3. The van der Waals surface area contributed by atoms with E-state index in [0.29, 0.717) is 16.0 Å². The van der Waals surface area contributed by atoms with Crippen molar-refractivity contribution >= 4 is 46.6 Å². The average Bonchev–Trinajstić information content (AvgIpc) is 2.87. The van der Waals surface area contributed by atoms with Crippen molar-refractivity contribution in [2.45, 2.75) is 55.7 Å². The fraction of sp³-hybridized carbons (Fsp3) is 0.367. The van der Waals surface area contributed by atoms with Crippen molar-refractivity contribution in [1.29, 1.82) is 0 Å². The topological polar surface area (TPSA) is 32.3 Å². The number of amides is 1. The molecule has 0 aliphatic carbocycles. The van der Waals surface area contributed by atoms with Gasteiger partial charge in [0.05, 0.1) is 5.02 Å². The number of likely N-dealkylation sites (tertiary alicyclic amines) is 1. The Bertz CT molecular complexity index is 1190. The molecule has 6 heteroatoms. The van der Waals surface area contributed by atoms with Crippen LogP contribution in [0.2, 0.25) is 10.0 Å². The highest BCUT2D eigenvalue weighted by Crippen LogP contribution is 2.35. The van der Waals surface area contributed by atoms with Gasteiger partial charge in [0.15, 0.2) is 0 Å². The van der Waals surface area contributed by atoms with Gasteiger partial charge in [0.1, 0.15) is 0 Å². The van der Waals surface area contributed by atoms with Gasteiger partial charge < -0.3 is 10.2 Å². The standard InChI is InChI=1S/C30H34Cl2N2OS/c1-20(2)30(35)33-25-8-4-21(3)27(19-25)23-13-16-34(17-14-23)15-12-22-5-9-26(10-6-22)36-29-11-7-24(31)18-28(29)32/h4-11,18-20,23H,12-17H2,1-3H3,(H,33,35). The number of carbonyl (C=O) groups excluding carboxylic acids is 1. The van der Waals surface area contributed by atoms with E-state index in [1.807, 2.05) is 32.0 Å². The Balaban J connectivity index is 1.27. The van der Waals surface area contributed by atoms with E-state index < -0.39 is 0 Å². The number of piperidine rings is 1. The second kappa shape index (κ2) is 12.5. The largest absolute Gasteiger partial charge is 0.326 e. The van der Waals surface area contributed by atoms with Gasteiger partial charge in [-0.1, -0.05) is 67.0 Å². The van der Waals surface area contributed by atoms with Crippen LogP contribution in [0.15, 0.2) is 70.5 Å². The number of rotatable bonds is 8. The molecule has 3 aromatic carbocycles. The minimum absolute atomic E-state index is 0.0186. The van der Waals surface area contributed by atoms with Gasteiger partial charge in [-0.05, 0) is 104 Å². The Hall–Kier alpha value is -1.98. The number of hydrogen-bond donors (Lipinski definition) is 1. The normalized spacial score (nSPS) is 14.8. The van der Waals surface area contributed by atoms with E-state index in [2.05, 4.69) is 53.5 Å². The molecule has 0 atom stereocenters. The molecular formula is C30H34Cl2N2OS. The number of anilines is 1. The Morgan fingerprint density at radius 3 is 2.42 bits per heavy atom. The summed E-state index contributed by atoms with van der Waals surface area (Å²) in [6.45, 7) is 9.31. The maximum absolute atomic E-state index is 12.1. The van der Waals surface area contributed by atoms with Crippen molar-refractivity contribution in [3.63, 3.8) is 0 Å². The maximum atomic E-state index is 12.1. The number of aryl methyl sites for hydroxylation is 1. The van der Waals surface area contributed by atoms with Crippen molar-refractivity contribution in [2.24, 2.45) is 5.92 Å². The predicted octanol–water partition coefficient (Wildman–Crippen LogP) is 8.47. The predicted molar refractivity (Wildman–Crippen MR) is 154 cm³/mol. The second-order valence-electron chi connectivity index (χ2n) is 9.90. The van der Waals surface area contributed by atoms with Gasteiger partial charge in [0.25, 0.3) is 0 Å². The Morgan fingerprint density at radius 1 is 1.03 bits per heavy atom. The van der Waals surface area contributed by atoms with E-state index in [0.717, 1.165) is 49.5 Å². The quantitative estimate of drug-likeness (QED) is 0.311. The number of nitrogens with zero attached hydrogens (tertiary/aromatic N) is 1. The summed E-state index contributed by atoms with van der Waals surface area (Å²) < 4.78 is 0. The van der Waals surface area contributed by atoms with E-state index in [4.69, 9.17) is 23.2 Å². The van der Waals surface area contributed by atoms with Crippen molar-refractivity contribution in [3.05, 3.63) is 87.4 Å². The van der Waals surface area contributed by atoms with Crippen molar-refractivity contribution in [2.75, 3.05) is 25.0 Å². The Labute approximate surface area is 229 Å². The molecule has 4 rings (SSSR count). The van der Waals surface area contributed by atoms with Gasteiger partial charge in [-0.3, -0.25) is 4.79 Å². The molecule has 3 nitrogen and oxygen atoms in total. The minimum atomic E-state index is -0.0186. The molecule has 0 aromatic heterocycles. The Morgan fingerprint density at radius 2 is 1.75 bits per heavy atom. The highest BCUT2D eigenvalue weighted by Gasteiger charge is 2.22. The molecule has 0 bridgehead atoms. The van der Waals surface area contributed by atoms with Crippen LogP contribution in [0.3, 0.4) is 0 Å². The van der Waals surface area contributed by atoms with Crippen LogP contribution in [0.25, 0.3) is 0 Å². The molecule has 36 heavy (non-hydrogen) atoms. The van der Waals surface area contributed by atoms with Crippen LogP contribution in [0.1, 0.15) is 49.3 Å². The zero-order valence-electron chi connectivity index (χ0n) is 21.2. The van der Waals surface area contributed by atoms with Crippen LogP contribution < -0.4 is 5.32 Å². The number of nitrogens with one attached hydrogen (secondary N) is 1. The molecule has 3 aromatic rings. The monoisotopic (exact) mass is 540 g/mol. The molecule has 1 aliphatic heterocycles. The summed E-state index contributed by atoms with van der Waals surface area (Å²) in [5, 5.41) is 4.39. The summed E-state index contributed by atoms with van der Waals surface area (Å²) in [7, 11) is 0. The van der Waals surface area contributed by atoms with E-state index in [1.54, 1.807) is 17.8 Å². The maximum Gasteiger partial charge on any atom is 0.226 e. The summed E-state index contributed by atoms with van der Waals surface area (Å²) in [5.41, 5.74) is 4.96. The molecule has 1 N–H and O–H groups in total. The lowest BCUT2D eigenvalue weighted by atomic mass is 9.86. The van der Waals surface area contributed by atoms with Crippen LogP contribution >= 0.6 is 35.0 Å². The first-order chi connectivity index (χ1) is 17.3. The van der Waals surface area contributed by atoms with Gasteiger partial charge in [0.2, 0.25) is 5.91 Å². The van der Waals surface area contributed by atoms with Gasteiger partial charge in [0, 0.05) is 33.0 Å². The molecule has 190 valence electrons. The van der Waals surface area contributed by atoms with Crippen LogP contribution in [-0.2, 0) is 11.2 Å². The van der Waals surface area contributed by atoms with E-state index >= 15 is 0 Å². The third-order valence-corrected chi connectivity index (χ3v) is 8.60. The smallest absolute Gasteiger partial charge is 0.226 e. The highest BCUT2D eigenvalue weighted by atomic mass is 35.5. The van der Waals surface area contributed by atoms with E-state index in [9.17, 15) is 4.79 Å². The SMILES string of the molecule is Cc1ccc(NC(=O)C(C)C)cc1C1CCN(CCc2ccc(Sc3ccc(Cl)cc3Cl)cc2)CC1. The third-order valence-electron chi connectivity index (χ3n) is 6.86. The third kappa shape index (κ3) is 7.29. The van der Waals surface area contributed by atoms with Gasteiger partial charge in [-0.2, -0.15) is 0 Å². The van der Waals surface area contributed by atoms with Crippen molar-refractivity contribution < 1.29 is 4.79 Å². The van der Waals surface area contributed by atoms with Crippen LogP contribution in [-0.4, -0.2) is 30.4 Å². The lowest BCUT2D eigenvalue weighted by molar-refractivity contribution is -0.118. The zero-order valence-corrected chi connectivity index (χ0v) is 23.5. The molecule has 0 spiro atoms. The summed E-state index contributed by atoms with van der Waals surface area (Å²) in [5.74, 6) is 0.600. The molecule has 0 radical (unpaired) electrons. The fourth-order valence-electron chi connectivity index (χ4n) is 4.61. The van der Waals surface area contributed by atoms with Crippen LogP contribution in [0, 0.1) is 12.8 Å². The van der Waals surface area contributed by atoms with Gasteiger partial charge >= 0.3 is 0 Å². The Kier molecular flexibility index (Phi) is 9.41. The lowest BCUT2D eigenvalue weighted by Crippen LogP contribution is -2.34. The summed E-state index contributed by atoms with van der Waals surface area (Å²) in [6, 6.07) is 20.7. The number of benzene rings is 3. The van der Waals surface area contributed by atoms with Gasteiger partial charge in [-0.15, -0.1) is 0 Å². The number of carbonyl (C=O) groups is 1. The highest BCUT2D eigenvalue weighted by molar-refractivity contribution is 7.99. The molecule has 0 unspecified atom stereocenters. The lowest BCUT2D eigenvalue weighted by Gasteiger charge is -2.33. The van der Waals surface area contributed by atoms with E-state index in [1.165, 1.54) is 21.6 Å². The summed E-state index contributed by atoms with van der Waals surface area (Å²) in [6.07, 6.45) is 3.35. The molecule has 1 fully saturated rings. The van der Waals surface area contributed by atoms with Crippen molar-refractivity contribution in [1.82, 2.24) is 4.90 Å². The van der Waals surface area contributed by atoms with Crippen molar-refractivity contribution in [3.8, 4) is 0 Å². The number of halogens is 2. The molecule has 0 saturated carbocycles. The summed E-state index contributed by atoms with van der Waals surface area (Å²) in [4.78, 5) is 16.9. The molecular weight excluding hydrogens is 507 g/mol.